The highest BCUT2D eigenvalue weighted by atomic mass is 79.9. The number of rotatable bonds is 6. The molecule has 2 atom stereocenters. The Morgan fingerprint density at radius 3 is 2.90 bits per heavy atom. The number of fused-ring (bicyclic) bond motifs is 1. The summed E-state index contributed by atoms with van der Waals surface area (Å²) in [5, 5.41) is 11.7. The molecular weight excluding hydrogens is 465 g/mol. The van der Waals surface area contributed by atoms with Crippen LogP contribution in [0.1, 0.15) is 13.3 Å². The molecule has 1 aliphatic heterocycles. The molecule has 3 aromatic rings. The maximum Gasteiger partial charge on any atom is 0.387 e. The number of likely N-dealkylation sites (tertiary alicyclic amines) is 1. The molecule has 2 aromatic heterocycles. The van der Waals surface area contributed by atoms with Gasteiger partial charge in [-0.1, -0.05) is 22.9 Å². The molecule has 0 radical (unpaired) electrons. The lowest BCUT2D eigenvalue weighted by Crippen LogP contribution is -2.47. The van der Waals surface area contributed by atoms with Crippen molar-refractivity contribution in [2.75, 3.05) is 25.0 Å². The van der Waals surface area contributed by atoms with E-state index in [1.807, 2.05) is 11.8 Å². The van der Waals surface area contributed by atoms with E-state index in [2.05, 4.69) is 41.2 Å². The van der Waals surface area contributed by atoms with Gasteiger partial charge >= 0.3 is 6.61 Å². The van der Waals surface area contributed by atoms with Crippen molar-refractivity contribution in [2.24, 2.45) is 0 Å². The Kier molecular flexibility index (Phi) is 6.09. The second kappa shape index (κ2) is 8.76. The van der Waals surface area contributed by atoms with Gasteiger partial charge in [-0.3, -0.25) is 9.30 Å². The summed E-state index contributed by atoms with van der Waals surface area (Å²) in [7, 11) is 0. The third-order valence-electron chi connectivity index (χ3n) is 5.02. The van der Waals surface area contributed by atoms with Crippen LogP contribution in [0.25, 0.3) is 16.8 Å². The van der Waals surface area contributed by atoms with Crippen molar-refractivity contribution in [2.45, 2.75) is 32.2 Å². The predicted molar refractivity (Wildman–Crippen MR) is 110 cm³/mol. The summed E-state index contributed by atoms with van der Waals surface area (Å²) in [6, 6.07) is 4.65. The number of nitrogens with one attached hydrogen (secondary N) is 1. The van der Waals surface area contributed by atoms with E-state index in [-0.39, 0.29) is 11.8 Å². The normalized spacial score (nSPS) is 20.1. The van der Waals surface area contributed by atoms with Crippen molar-refractivity contribution >= 4 is 27.4 Å². The van der Waals surface area contributed by atoms with Gasteiger partial charge in [0.15, 0.2) is 0 Å². The second-order valence-corrected chi connectivity index (χ2v) is 7.98. The molecule has 3 heterocycles. The van der Waals surface area contributed by atoms with E-state index in [1.165, 1.54) is 6.07 Å². The number of hydrogen-bond donors (Lipinski definition) is 1. The number of hydrogen-bond acceptors (Lipinski definition) is 6. The van der Waals surface area contributed by atoms with Crippen LogP contribution in [-0.4, -0.2) is 62.9 Å². The summed E-state index contributed by atoms with van der Waals surface area (Å²) >= 11 is 3.26. The van der Waals surface area contributed by atoms with Crippen LogP contribution in [0.4, 0.5) is 19.1 Å². The van der Waals surface area contributed by atoms with E-state index in [0.29, 0.717) is 46.7 Å². The minimum atomic E-state index is -2.98. The van der Waals surface area contributed by atoms with Crippen molar-refractivity contribution in [1.82, 2.24) is 24.5 Å². The summed E-state index contributed by atoms with van der Waals surface area (Å²) in [6.07, 6.45) is 2.57. The number of nitrogens with zero attached hydrogens (tertiary/aromatic N) is 5. The SMILES string of the molecule is CCN1CC(Nc2nnc(-c3ccc(Br)cc3OC(F)F)c3cncn23)C[C@@H](F)C1. The lowest BCUT2D eigenvalue weighted by atomic mass is 10.0. The number of alkyl halides is 3. The molecular formula is C19H20BrF3N6O. The molecule has 1 unspecified atom stereocenters. The van der Waals surface area contributed by atoms with E-state index < -0.39 is 12.8 Å². The third-order valence-corrected chi connectivity index (χ3v) is 5.52. The minimum Gasteiger partial charge on any atom is -0.434 e. The standard InChI is InChI=1S/C19H20BrF3N6O/c1-2-28-8-12(21)6-13(9-28)25-19-27-26-17(15-7-24-10-29(15)19)14-4-3-11(20)5-16(14)30-18(22)23/h3-5,7,10,12-13,18H,2,6,8-9H2,1H3,(H,25,27)/t12-,13?/m1/s1. The zero-order valence-corrected chi connectivity index (χ0v) is 17.7. The largest absolute Gasteiger partial charge is 0.434 e. The first-order valence-corrected chi connectivity index (χ1v) is 10.3. The van der Waals surface area contributed by atoms with Crippen molar-refractivity contribution in [3.05, 3.63) is 35.2 Å². The Hall–Kier alpha value is -2.40. The number of likely N-dealkylation sites (N-methyl/N-ethyl adjacent to an activating group) is 1. The zero-order chi connectivity index (χ0) is 21.3. The van der Waals surface area contributed by atoms with Crippen LogP contribution in [-0.2, 0) is 0 Å². The minimum absolute atomic E-state index is 0.0244. The number of piperidine rings is 1. The second-order valence-electron chi connectivity index (χ2n) is 7.07. The predicted octanol–water partition coefficient (Wildman–Crippen LogP) is 4.00. The third kappa shape index (κ3) is 4.36. The molecule has 160 valence electrons. The first-order chi connectivity index (χ1) is 14.4. The van der Waals surface area contributed by atoms with E-state index in [4.69, 9.17) is 0 Å². The quantitative estimate of drug-likeness (QED) is 0.570. The maximum absolute atomic E-state index is 14.1. The molecule has 0 amide bonds. The molecule has 1 aliphatic rings. The summed E-state index contributed by atoms with van der Waals surface area (Å²) < 4.78 is 46.8. The zero-order valence-electron chi connectivity index (χ0n) is 16.1. The molecule has 1 fully saturated rings. The smallest absolute Gasteiger partial charge is 0.387 e. The Morgan fingerprint density at radius 1 is 1.30 bits per heavy atom. The van der Waals surface area contributed by atoms with E-state index >= 15 is 0 Å². The van der Waals surface area contributed by atoms with Crippen LogP contribution in [0.3, 0.4) is 0 Å². The Morgan fingerprint density at radius 2 is 2.13 bits per heavy atom. The van der Waals surface area contributed by atoms with Gasteiger partial charge in [0.25, 0.3) is 0 Å². The summed E-state index contributed by atoms with van der Waals surface area (Å²) in [4.78, 5) is 6.19. The number of anilines is 1. The van der Waals surface area contributed by atoms with Crippen molar-refractivity contribution in [1.29, 1.82) is 0 Å². The molecule has 1 N–H and O–H groups in total. The van der Waals surface area contributed by atoms with Gasteiger partial charge in [-0.05, 0) is 24.7 Å². The average molecular weight is 485 g/mol. The highest BCUT2D eigenvalue weighted by Crippen LogP contribution is 2.35. The van der Waals surface area contributed by atoms with Crippen molar-refractivity contribution in [3.63, 3.8) is 0 Å². The number of imidazole rings is 1. The van der Waals surface area contributed by atoms with Crippen LogP contribution < -0.4 is 10.1 Å². The van der Waals surface area contributed by atoms with Gasteiger partial charge in [-0.25, -0.2) is 9.37 Å². The molecule has 0 bridgehead atoms. The molecule has 0 saturated carbocycles. The van der Waals surface area contributed by atoms with Crippen LogP contribution in [0.5, 0.6) is 5.75 Å². The van der Waals surface area contributed by atoms with E-state index in [9.17, 15) is 13.2 Å². The number of ether oxygens (including phenoxy) is 1. The molecule has 1 aromatic carbocycles. The van der Waals surface area contributed by atoms with Gasteiger partial charge in [-0.15, -0.1) is 10.2 Å². The highest BCUT2D eigenvalue weighted by Gasteiger charge is 2.27. The first kappa shape index (κ1) is 20.9. The average Bonchev–Trinajstić information content (AvgIpc) is 3.18. The fraction of sp³-hybridized carbons (Fsp3) is 0.421. The van der Waals surface area contributed by atoms with Crippen LogP contribution in [0.2, 0.25) is 0 Å². The molecule has 4 rings (SSSR count). The summed E-state index contributed by atoms with van der Waals surface area (Å²) in [6.45, 7) is 0.899. The Labute approximate surface area is 179 Å². The number of aromatic nitrogens is 4. The lowest BCUT2D eigenvalue weighted by Gasteiger charge is -2.34. The Balaban J connectivity index is 1.69. The fourth-order valence-corrected chi connectivity index (χ4v) is 4.02. The molecule has 30 heavy (non-hydrogen) atoms. The van der Waals surface area contributed by atoms with Crippen LogP contribution >= 0.6 is 15.9 Å². The van der Waals surface area contributed by atoms with E-state index in [0.717, 1.165) is 6.54 Å². The Bertz CT molecular complexity index is 1030. The number of halogens is 4. The summed E-state index contributed by atoms with van der Waals surface area (Å²) in [5.74, 6) is 0.387. The van der Waals surface area contributed by atoms with Gasteiger partial charge < -0.3 is 10.1 Å². The van der Waals surface area contributed by atoms with E-state index in [1.54, 1.807) is 29.1 Å². The lowest BCUT2D eigenvalue weighted by molar-refractivity contribution is -0.0495. The van der Waals surface area contributed by atoms with Crippen LogP contribution in [0.15, 0.2) is 35.2 Å². The van der Waals surface area contributed by atoms with Crippen molar-refractivity contribution < 1.29 is 17.9 Å². The molecule has 7 nitrogen and oxygen atoms in total. The maximum atomic E-state index is 14.1. The fourth-order valence-electron chi connectivity index (χ4n) is 3.68. The monoisotopic (exact) mass is 484 g/mol. The highest BCUT2D eigenvalue weighted by molar-refractivity contribution is 9.10. The van der Waals surface area contributed by atoms with Gasteiger partial charge in [0.1, 0.15) is 23.9 Å². The summed E-state index contributed by atoms with van der Waals surface area (Å²) in [5.41, 5.74) is 1.28. The van der Waals surface area contributed by atoms with Gasteiger partial charge in [0.05, 0.1) is 11.7 Å². The topological polar surface area (TPSA) is 67.6 Å². The first-order valence-electron chi connectivity index (χ1n) is 9.51. The van der Waals surface area contributed by atoms with Crippen molar-refractivity contribution in [3.8, 4) is 17.0 Å². The van der Waals surface area contributed by atoms with Gasteiger partial charge in [0, 0.05) is 35.6 Å². The molecule has 1 saturated heterocycles. The molecule has 0 spiro atoms. The van der Waals surface area contributed by atoms with Gasteiger partial charge in [-0.2, -0.15) is 8.78 Å². The molecule has 11 heteroatoms. The van der Waals surface area contributed by atoms with Crippen LogP contribution in [0, 0.1) is 0 Å². The number of benzene rings is 1. The molecule has 0 aliphatic carbocycles. The van der Waals surface area contributed by atoms with Gasteiger partial charge in [0.2, 0.25) is 5.95 Å².